The van der Waals surface area contributed by atoms with Crippen LogP contribution in [0.15, 0.2) is 83.8 Å². The number of anilines is 1. The standard InChI is InChI=1S/C25H26N2O5S/c1-17(2)24(25(29)30)27-33(31,32)22-14-12-20(13-15-22)19-10-8-18(9-11-19)16-23(28)26-21-6-4-3-5-7-21/h3-15,17,24,27H,16H2,1-2H3,(H,26,28)(H,29,30)/t24-/m1/s1. The minimum absolute atomic E-state index is 0.00708. The van der Waals surface area contributed by atoms with Crippen molar-refractivity contribution in [2.24, 2.45) is 5.92 Å². The monoisotopic (exact) mass is 466 g/mol. The van der Waals surface area contributed by atoms with Gasteiger partial charge in [-0.2, -0.15) is 4.72 Å². The van der Waals surface area contributed by atoms with Crippen molar-refractivity contribution in [2.45, 2.75) is 31.2 Å². The molecule has 1 atom stereocenters. The number of carbonyl (C=O) groups excluding carboxylic acids is 1. The van der Waals surface area contributed by atoms with Crippen LogP contribution in [0.25, 0.3) is 11.1 Å². The third-order valence-electron chi connectivity index (χ3n) is 5.09. The second kappa shape index (κ2) is 10.4. The fourth-order valence-corrected chi connectivity index (χ4v) is 4.60. The van der Waals surface area contributed by atoms with Gasteiger partial charge in [-0.05, 0) is 46.9 Å². The summed E-state index contributed by atoms with van der Waals surface area (Å²) in [5.74, 6) is -1.73. The lowest BCUT2D eigenvalue weighted by Gasteiger charge is -2.18. The first-order chi connectivity index (χ1) is 15.7. The second-order valence-electron chi connectivity index (χ2n) is 7.99. The molecule has 3 aromatic carbocycles. The summed E-state index contributed by atoms with van der Waals surface area (Å²) in [6, 6.07) is 21.7. The molecule has 0 aliphatic rings. The van der Waals surface area contributed by atoms with Crippen LogP contribution >= 0.6 is 0 Å². The first-order valence-electron chi connectivity index (χ1n) is 10.4. The molecule has 172 valence electrons. The Morgan fingerprint density at radius 3 is 1.91 bits per heavy atom. The average molecular weight is 467 g/mol. The number of benzene rings is 3. The quantitative estimate of drug-likeness (QED) is 0.442. The van der Waals surface area contributed by atoms with E-state index in [9.17, 15) is 23.1 Å². The van der Waals surface area contributed by atoms with E-state index in [0.717, 1.165) is 22.4 Å². The topological polar surface area (TPSA) is 113 Å². The van der Waals surface area contributed by atoms with Gasteiger partial charge in [0.05, 0.1) is 11.3 Å². The van der Waals surface area contributed by atoms with Crippen LogP contribution in [0.4, 0.5) is 5.69 Å². The van der Waals surface area contributed by atoms with Gasteiger partial charge in [0.1, 0.15) is 6.04 Å². The number of hydrogen-bond acceptors (Lipinski definition) is 4. The SMILES string of the molecule is CC(C)[C@@H](NS(=O)(=O)c1ccc(-c2ccc(CC(=O)Nc3ccccc3)cc2)cc1)C(=O)O. The molecule has 0 saturated carbocycles. The Labute approximate surface area is 193 Å². The van der Waals surface area contributed by atoms with Crippen molar-refractivity contribution in [3.63, 3.8) is 0 Å². The van der Waals surface area contributed by atoms with Gasteiger partial charge in [0.15, 0.2) is 0 Å². The number of hydrogen-bond donors (Lipinski definition) is 3. The van der Waals surface area contributed by atoms with Crippen molar-refractivity contribution < 1.29 is 23.1 Å². The van der Waals surface area contributed by atoms with E-state index in [4.69, 9.17) is 0 Å². The van der Waals surface area contributed by atoms with Crippen molar-refractivity contribution in [1.82, 2.24) is 4.72 Å². The fraction of sp³-hybridized carbons (Fsp3) is 0.200. The highest BCUT2D eigenvalue weighted by atomic mass is 32.2. The zero-order chi connectivity index (χ0) is 24.0. The molecule has 3 N–H and O–H groups in total. The molecule has 0 heterocycles. The number of rotatable bonds is 9. The molecule has 0 unspecified atom stereocenters. The highest BCUT2D eigenvalue weighted by molar-refractivity contribution is 7.89. The predicted octanol–water partition coefficient (Wildman–Crippen LogP) is 3.92. The molecule has 3 rings (SSSR count). The van der Waals surface area contributed by atoms with E-state index in [1.165, 1.54) is 12.1 Å². The number of nitrogens with one attached hydrogen (secondary N) is 2. The van der Waals surface area contributed by atoms with Crippen molar-refractivity contribution in [2.75, 3.05) is 5.32 Å². The number of carboxylic acids is 1. The third-order valence-corrected chi connectivity index (χ3v) is 6.55. The molecule has 0 aliphatic carbocycles. The number of carboxylic acid groups (broad SMARTS) is 1. The Morgan fingerprint density at radius 1 is 0.848 bits per heavy atom. The number of carbonyl (C=O) groups is 2. The van der Waals surface area contributed by atoms with E-state index in [2.05, 4.69) is 10.0 Å². The molecular weight excluding hydrogens is 440 g/mol. The lowest BCUT2D eigenvalue weighted by Crippen LogP contribution is -2.44. The summed E-state index contributed by atoms with van der Waals surface area (Å²) in [5.41, 5.74) is 3.26. The van der Waals surface area contributed by atoms with E-state index in [1.54, 1.807) is 26.0 Å². The summed E-state index contributed by atoms with van der Waals surface area (Å²) in [5, 5.41) is 12.1. The van der Waals surface area contributed by atoms with E-state index in [0.29, 0.717) is 0 Å². The van der Waals surface area contributed by atoms with Gasteiger partial charge in [-0.1, -0.05) is 68.4 Å². The number of para-hydroxylation sites is 1. The summed E-state index contributed by atoms with van der Waals surface area (Å²) in [6.07, 6.45) is 0.235. The highest BCUT2D eigenvalue weighted by Crippen LogP contribution is 2.23. The van der Waals surface area contributed by atoms with Crippen LogP contribution in [0.5, 0.6) is 0 Å². The van der Waals surface area contributed by atoms with Crippen LogP contribution in [0.1, 0.15) is 19.4 Å². The second-order valence-corrected chi connectivity index (χ2v) is 9.71. The fourth-order valence-electron chi connectivity index (χ4n) is 3.26. The van der Waals surface area contributed by atoms with E-state index in [1.807, 2.05) is 54.6 Å². The van der Waals surface area contributed by atoms with Crippen LogP contribution in [0.3, 0.4) is 0 Å². The smallest absolute Gasteiger partial charge is 0.322 e. The highest BCUT2D eigenvalue weighted by Gasteiger charge is 2.27. The Kier molecular flexibility index (Phi) is 7.63. The number of amides is 1. The molecule has 0 fully saturated rings. The Balaban J connectivity index is 1.67. The molecule has 3 aromatic rings. The van der Waals surface area contributed by atoms with Crippen molar-refractivity contribution >= 4 is 27.6 Å². The zero-order valence-electron chi connectivity index (χ0n) is 18.4. The predicted molar refractivity (Wildman–Crippen MR) is 127 cm³/mol. The number of aliphatic carboxylic acids is 1. The third kappa shape index (κ3) is 6.50. The van der Waals surface area contributed by atoms with Crippen LogP contribution in [-0.4, -0.2) is 31.4 Å². The largest absolute Gasteiger partial charge is 0.480 e. The normalized spacial score (nSPS) is 12.3. The summed E-state index contributed by atoms with van der Waals surface area (Å²) in [7, 11) is -3.97. The minimum Gasteiger partial charge on any atom is -0.480 e. The molecule has 0 saturated heterocycles. The van der Waals surface area contributed by atoms with Crippen molar-refractivity contribution in [3.05, 3.63) is 84.4 Å². The van der Waals surface area contributed by atoms with Crippen LogP contribution < -0.4 is 10.0 Å². The lowest BCUT2D eigenvalue weighted by atomic mass is 10.0. The molecule has 1 amide bonds. The molecule has 33 heavy (non-hydrogen) atoms. The van der Waals surface area contributed by atoms with Gasteiger partial charge in [-0.3, -0.25) is 9.59 Å². The summed E-state index contributed by atoms with van der Waals surface area (Å²) in [6.45, 7) is 3.28. The molecule has 0 radical (unpaired) electrons. The first-order valence-corrected chi connectivity index (χ1v) is 11.9. The summed E-state index contributed by atoms with van der Waals surface area (Å²) < 4.78 is 27.4. The molecule has 7 nitrogen and oxygen atoms in total. The van der Waals surface area contributed by atoms with Gasteiger partial charge >= 0.3 is 5.97 Å². The minimum atomic E-state index is -3.97. The van der Waals surface area contributed by atoms with Gasteiger partial charge in [-0.15, -0.1) is 0 Å². The Morgan fingerprint density at radius 2 is 1.39 bits per heavy atom. The summed E-state index contributed by atoms with van der Waals surface area (Å²) >= 11 is 0. The van der Waals surface area contributed by atoms with Crippen molar-refractivity contribution in [3.8, 4) is 11.1 Å². The summed E-state index contributed by atoms with van der Waals surface area (Å²) in [4.78, 5) is 23.5. The van der Waals surface area contributed by atoms with Gasteiger partial charge in [0, 0.05) is 5.69 Å². The maximum atomic E-state index is 12.6. The average Bonchev–Trinajstić information content (AvgIpc) is 2.78. The first kappa shape index (κ1) is 24.2. The van der Waals surface area contributed by atoms with E-state index in [-0.39, 0.29) is 17.2 Å². The Bertz CT molecular complexity index is 1210. The maximum Gasteiger partial charge on any atom is 0.322 e. The van der Waals surface area contributed by atoms with Gasteiger partial charge in [-0.25, -0.2) is 8.42 Å². The van der Waals surface area contributed by atoms with Crippen LogP contribution in [0, 0.1) is 5.92 Å². The number of sulfonamides is 1. The molecule has 0 bridgehead atoms. The van der Waals surface area contributed by atoms with Crippen LogP contribution in [-0.2, 0) is 26.0 Å². The Hall–Kier alpha value is -3.49. The van der Waals surface area contributed by atoms with Gasteiger partial charge in [0.2, 0.25) is 15.9 Å². The lowest BCUT2D eigenvalue weighted by molar-refractivity contribution is -0.140. The maximum absolute atomic E-state index is 12.6. The van der Waals surface area contributed by atoms with E-state index < -0.39 is 28.0 Å². The van der Waals surface area contributed by atoms with Crippen LogP contribution in [0.2, 0.25) is 0 Å². The molecule has 0 aliphatic heterocycles. The molecular formula is C25H26N2O5S. The van der Waals surface area contributed by atoms with Gasteiger partial charge in [0.25, 0.3) is 0 Å². The molecule has 0 aromatic heterocycles. The molecule has 8 heteroatoms. The van der Waals surface area contributed by atoms with Crippen molar-refractivity contribution in [1.29, 1.82) is 0 Å². The van der Waals surface area contributed by atoms with E-state index >= 15 is 0 Å². The molecule has 0 spiro atoms. The zero-order valence-corrected chi connectivity index (χ0v) is 19.2. The van der Waals surface area contributed by atoms with Gasteiger partial charge < -0.3 is 10.4 Å².